The van der Waals surface area contributed by atoms with Crippen molar-refractivity contribution in [2.75, 3.05) is 11.6 Å². The summed E-state index contributed by atoms with van der Waals surface area (Å²) >= 11 is 8.00. The average Bonchev–Trinajstić information content (AvgIpc) is 2.95. The Hall–Kier alpha value is -0.180. The minimum Gasteiger partial charge on any atom is -0.354 e. The molecule has 1 saturated heterocycles. The molecule has 1 aromatic rings. The molecule has 0 amide bonds. The summed E-state index contributed by atoms with van der Waals surface area (Å²) in [6.45, 7) is 0. The Balaban J connectivity index is 1.91. The fourth-order valence-electron chi connectivity index (χ4n) is 3.36. The maximum atomic E-state index is 6.45. The summed E-state index contributed by atoms with van der Waals surface area (Å²) in [7, 11) is 0. The molecule has 1 heterocycles. The van der Waals surface area contributed by atoms with Gasteiger partial charge in [0.1, 0.15) is 4.93 Å². The number of hydrogen-bond donors (Lipinski definition) is 0. The topological polar surface area (TPSA) is 9.23 Å². The first kappa shape index (κ1) is 13.8. The van der Waals surface area contributed by atoms with E-state index in [9.17, 15) is 0 Å². The molecule has 0 N–H and O–H groups in total. The van der Waals surface area contributed by atoms with Crippen LogP contribution in [0.4, 0.5) is 0 Å². The lowest BCUT2D eigenvalue weighted by Gasteiger charge is -2.39. The minimum absolute atomic E-state index is 0.138. The summed E-state index contributed by atoms with van der Waals surface area (Å²) in [5, 5.41) is 0. The molecule has 1 aliphatic heterocycles. The molecule has 104 valence electrons. The first-order valence-corrected chi connectivity index (χ1v) is 8.80. The fraction of sp³-hybridized carbons (Fsp3) is 0.625. The molecule has 19 heavy (non-hydrogen) atoms. The molecule has 0 radical (unpaired) electrons. The van der Waals surface area contributed by atoms with Crippen LogP contribution in [0, 0.1) is 5.92 Å². The lowest BCUT2D eigenvalue weighted by molar-refractivity contribution is -0.0473. The van der Waals surface area contributed by atoms with E-state index in [1.165, 1.54) is 37.7 Å². The van der Waals surface area contributed by atoms with Crippen molar-refractivity contribution in [1.82, 2.24) is 0 Å². The van der Waals surface area contributed by atoms with Crippen LogP contribution in [-0.4, -0.2) is 17.7 Å². The first-order chi connectivity index (χ1) is 9.35. The molecule has 0 aromatic heterocycles. The van der Waals surface area contributed by atoms with Gasteiger partial charge in [0, 0.05) is 17.6 Å². The van der Waals surface area contributed by atoms with Gasteiger partial charge in [-0.25, -0.2) is 0 Å². The van der Waals surface area contributed by atoms with E-state index in [4.69, 9.17) is 16.3 Å². The molecule has 1 aliphatic carbocycles. The van der Waals surface area contributed by atoms with Crippen molar-refractivity contribution < 1.29 is 4.74 Å². The van der Waals surface area contributed by atoms with E-state index in [2.05, 4.69) is 30.3 Å². The second kappa shape index (κ2) is 6.07. The number of halogens is 1. The van der Waals surface area contributed by atoms with Gasteiger partial charge >= 0.3 is 0 Å². The van der Waals surface area contributed by atoms with Crippen LogP contribution in [-0.2, 0) is 9.67 Å². The molecule has 3 rings (SSSR count). The SMILES string of the molecule is ClC[C@H]1CS[C@](c2ccccc2)(C2CCCCC2)O1. The zero-order chi connectivity index (χ0) is 13.1. The van der Waals surface area contributed by atoms with Gasteiger partial charge in [0.15, 0.2) is 0 Å². The summed E-state index contributed by atoms with van der Waals surface area (Å²) < 4.78 is 6.45. The number of ether oxygens (including phenoxy) is 1. The molecular formula is C16H21ClOS. The second-order valence-electron chi connectivity index (χ2n) is 5.57. The lowest BCUT2D eigenvalue weighted by atomic mass is 9.82. The van der Waals surface area contributed by atoms with Gasteiger partial charge in [-0.2, -0.15) is 0 Å². The minimum atomic E-state index is -0.138. The Labute approximate surface area is 125 Å². The number of rotatable bonds is 3. The molecule has 1 nitrogen and oxygen atoms in total. The monoisotopic (exact) mass is 296 g/mol. The van der Waals surface area contributed by atoms with Crippen molar-refractivity contribution in [2.45, 2.75) is 43.1 Å². The predicted octanol–water partition coefficient (Wildman–Crippen LogP) is 4.79. The van der Waals surface area contributed by atoms with E-state index in [1.54, 1.807) is 0 Å². The van der Waals surface area contributed by atoms with E-state index in [0.717, 1.165) is 5.75 Å². The van der Waals surface area contributed by atoms with E-state index in [1.807, 2.05) is 11.8 Å². The number of hydrogen-bond acceptors (Lipinski definition) is 2. The van der Waals surface area contributed by atoms with Crippen molar-refractivity contribution in [2.24, 2.45) is 5.92 Å². The maximum absolute atomic E-state index is 6.45. The summed E-state index contributed by atoms with van der Waals surface area (Å²) in [4.78, 5) is -0.138. The smallest absolute Gasteiger partial charge is 0.142 e. The van der Waals surface area contributed by atoms with Gasteiger partial charge in [0.2, 0.25) is 0 Å². The Morgan fingerprint density at radius 1 is 1.16 bits per heavy atom. The molecule has 0 spiro atoms. The van der Waals surface area contributed by atoms with Crippen LogP contribution in [0.2, 0.25) is 0 Å². The van der Waals surface area contributed by atoms with Gasteiger partial charge in [0.25, 0.3) is 0 Å². The van der Waals surface area contributed by atoms with Crippen molar-refractivity contribution in [3.05, 3.63) is 35.9 Å². The normalized spacial score (nSPS) is 32.6. The van der Waals surface area contributed by atoms with E-state index >= 15 is 0 Å². The van der Waals surface area contributed by atoms with Crippen LogP contribution in [0.3, 0.4) is 0 Å². The van der Waals surface area contributed by atoms with E-state index in [0.29, 0.717) is 11.8 Å². The Morgan fingerprint density at radius 3 is 2.53 bits per heavy atom. The van der Waals surface area contributed by atoms with Crippen LogP contribution >= 0.6 is 23.4 Å². The van der Waals surface area contributed by atoms with Crippen LogP contribution in [0.1, 0.15) is 37.7 Å². The van der Waals surface area contributed by atoms with E-state index in [-0.39, 0.29) is 11.0 Å². The molecule has 1 saturated carbocycles. The highest BCUT2D eigenvalue weighted by Gasteiger charge is 2.48. The molecule has 2 fully saturated rings. The number of benzene rings is 1. The average molecular weight is 297 g/mol. The van der Waals surface area contributed by atoms with Crippen LogP contribution < -0.4 is 0 Å². The third-order valence-corrected chi connectivity index (χ3v) is 6.29. The van der Waals surface area contributed by atoms with Crippen LogP contribution in [0.25, 0.3) is 0 Å². The van der Waals surface area contributed by atoms with Gasteiger partial charge in [-0.15, -0.1) is 23.4 Å². The Bertz CT molecular complexity index is 404. The molecule has 0 bridgehead atoms. The highest BCUT2D eigenvalue weighted by molar-refractivity contribution is 8.00. The van der Waals surface area contributed by atoms with Crippen LogP contribution in [0.5, 0.6) is 0 Å². The zero-order valence-corrected chi connectivity index (χ0v) is 12.8. The highest BCUT2D eigenvalue weighted by Crippen LogP contribution is 2.54. The van der Waals surface area contributed by atoms with Crippen molar-refractivity contribution in [3.8, 4) is 0 Å². The summed E-state index contributed by atoms with van der Waals surface area (Å²) in [6.07, 6.45) is 6.84. The summed E-state index contributed by atoms with van der Waals surface area (Å²) in [6, 6.07) is 10.8. The standard InChI is InChI=1S/C16H21ClOS/c17-11-15-12-19-16(18-15,13-7-3-1-4-8-13)14-9-5-2-6-10-14/h1,3-4,7-8,14-15H,2,5-6,9-12H2/t15-,16+/m0/s1. The maximum Gasteiger partial charge on any atom is 0.142 e. The Kier molecular flexibility index (Phi) is 4.40. The second-order valence-corrected chi connectivity index (χ2v) is 7.11. The van der Waals surface area contributed by atoms with Gasteiger partial charge in [-0.05, 0) is 18.4 Å². The molecule has 1 aromatic carbocycles. The predicted molar refractivity (Wildman–Crippen MR) is 82.7 cm³/mol. The summed E-state index contributed by atoms with van der Waals surface area (Å²) in [5.41, 5.74) is 1.33. The fourth-order valence-corrected chi connectivity index (χ4v) is 5.26. The van der Waals surface area contributed by atoms with E-state index < -0.39 is 0 Å². The quantitative estimate of drug-likeness (QED) is 0.742. The van der Waals surface area contributed by atoms with Crippen molar-refractivity contribution in [1.29, 1.82) is 0 Å². The summed E-state index contributed by atoms with van der Waals surface area (Å²) in [5.74, 6) is 2.27. The third kappa shape index (κ3) is 2.68. The molecule has 2 aliphatic rings. The highest BCUT2D eigenvalue weighted by atomic mass is 35.5. The third-order valence-electron chi connectivity index (χ3n) is 4.32. The zero-order valence-electron chi connectivity index (χ0n) is 11.2. The largest absolute Gasteiger partial charge is 0.354 e. The van der Waals surface area contributed by atoms with Crippen LogP contribution in [0.15, 0.2) is 30.3 Å². The lowest BCUT2D eigenvalue weighted by Crippen LogP contribution is -2.35. The molecular weight excluding hydrogens is 276 g/mol. The molecule has 2 atom stereocenters. The van der Waals surface area contributed by atoms with Gasteiger partial charge in [-0.1, -0.05) is 49.6 Å². The van der Waals surface area contributed by atoms with Crippen molar-refractivity contribution in [3.63, 3.8) is 0 Å². The molecule has 3 heteroatoms. The number of thioether (sulfide) groups is 1. The Morgan fingerprint density at radius 2 is 1.89 bits per heavy atom. The first-order valence-electron chi connectivity index (χ1n) is 7.28. The van der Waals surface area contributed by atoms with Crippen molar-refractivity contribution >= 4 is 23.4 Å². The van der Waals surface area contributed by atoms with Gasteiger partial charge in [-0.3, -0.25) is 0 Å². The van der Waals surface area contributed by atoms with Gasteiger partial charge in [0.05, 0.1) is 6.10 Å². The number of alkyl halides is 1. The van der Waals surface area contributed by atoms with Gasteiger partial charge < -0.3 is 4.74 Å². The molecule has 0 unspecified atom stereocenters.